The Morgan fingerprint density at radius 2 is 1.92 bits per heavy atom. The lowest BCUT2D eigenvalue weighted by atomic mass is 10.1. The molecule has 0 radical (unpaired) electrons. The van der Waals surface area contributed by atoms with Crippen LogP contribution in [0.15, 0.2) is 24.3 Å². The minimum Gasteiger partial charge on any atom is -0.496 e. The van der Waals surface area contributed by atoms with Crippen LogP contribution >= 0.6 is 0 Å². The van der Waals surface area contributed by atoms with Crippen LogP contribution in [0.4, 0.5) is 0 Å². The van der Waals surface area contributed by atoms with Gasteiger partial charge in [0, 0.05) is 51.3 Å². The summed E-state index contributed by atoms with van der Waals surface area (Å²) in [5.74, 6) is 0.749. The number of carbonyl (C=O) groups is 2. The molecule has 2 aliphatic heterocycles. The van der Waals surface area contributed by atoms with Crippen molar-refractivity contribution in [1.82, 2.24) is 14.7 Å². The Morgan fingerprint density at radius 3 is 2.60 bits per heavy atom. The molecule has 2 aliphatic rings. The summed E-state index contributed by atoms with van der Waals surface area (Å²) in [7, 11) is 1.63. The van der Waals surface area contributed by atoms with Gasteiger partial charge in [-0.05, 0) is 12.6 Å². The van der Waals surface area contributed by atoms with Crippen LogP contribution in [-0.4, -0.2) is 72.9 Å². The Hall–Kier alpha value is -2.08. The average molecular weight is 345 g/mol. The van der Waals surface area contributed by atoms with E-state index in [4.69, 9.17) is 4.74 Å². The van der Waals surface area contributed by atoms with E-state index in [0.717, 1.165) is 44.0 Å². The molecule has 0 N–H and O–H groups in total. The van der Waals surface area contributed by atoms with Crippen molar-refractivity contribution in [3.8, 4) is 5.75 Å². The third kappa shape index (κ3) is 3.95. The van der Waals surface area contributed by atoms with Gasteiger partial charge in [0.15, 0.2) is 0 Å². The minimum absolute atomic E-state index is 0.0523. The highest BCUT2D eigenvalue weighted by molar-refractivity contribution is 5.89. The number of hydrogen-bond donors (Lipinski definition) is 0. The zero-order chi connectivity index (χ0) is 17.8. The lowest BCUT2D eigenvalue weighted by Gasteiger charge is -2.35. The fourth-order valence-corrected chi connectivity index (χ4v) is 3.67. The zero-order valence-corrected chi connectivity index (χ0v) is 15.1. The number of methoxy groups -OCH3 is 1. The molecule has 1 aromatic carbocycles. The molecule has 0 aliphatic carbocycles. The first-order valence-electron chi connectivity index (χ1n) is 9.03. The molecule has 25 heavy (non-hydrogen) atoms. The van der Waals surface area contributed by atoms with Crippen LogP contribution in [0.2, 0.25) is 0 Å². The molecule has 2 amide bonds. The van der Waals surface area contributed by atoms with E-state index in [-0.39, 0.29) is 17.7 Å². The fraction of sp³-hybridized carbons (Fsp3) is 0.579. The van der Waals surface area contributed by atoms with Gasteiger partial charge in [-0.2, -0.15) is 0 Å². The zero-order valence-electron chi connectivity index (χ0n) is 15.1. The molecule has 0 aromatic heterocycles. The maximum absolute atomic E-state index is 12.8. The van der Waals surface area contributed by atoms with Crippen LogP contribution in [0.3, 0.4) is 0 Å². The summed E-state index contributed by atoms with van der Waals surface area (Å²) in [4.78, 5) is 31.2. The summed E-state index contributed by atoms with van der Waals surface area (Å²) in [6, 6.07) is 7.71. The number of likely N-dealkylation sites (tertiary alicyclic amines) is 1. The van der Waals surface area contributed by atoms with Gasteiger partial charge in [0.05, 0.1) is 13.0 Å². The van der Waals surface area contributed by atoms with Crippen molar-refractivity contribution in [3.63, 3.8) is 0 Å². The normalized spacial score (nSPS) is 21.7. The molecule has 3 rings (SSSR count). The molecule has 0 bridgehead atoms. The first kappa shape index (κ1) is 17.7. The highest BCUT2D eigenvalue weighted by Gasteiger charge is 2.37. The largest absolute Gasteiger partial charge is 0.496 e. The van der Waals surface area contributed by atoms with E-state index in [1.54, 1.807) is 12.0 Å². The van der Waals surface area contributed by atoms with Gasteiger partial charge in [-0.1, -0.05) is 25.1 Å². The number of carbonyl (C=O) groups excluding carboxylic acids is 2. The van der Waals surface area contributed by atoms with Gasteiger partial charge in [0.25, 0.3) is 0 Å². The van der Waals surface area contributed by atoms with Crippen LogP contribution in [0.1, 0.15) is 18.9 Å². The smallest absolute Gasteiger partial charge is 0.228 e. The van der Waals surface area contributed by atoms with Crippen LogP contribution in [-0.2, 0) is 16.1 Å². The van der Waals surface area contributed by atoms with Crippen molar-refractivity contribution in [1.29, 1.82) is 0 Å². The minimum atomic E-state index is -0.213. The van der Waals surface area contributed by atoms with Gasteiger partial charge in [0.1, 0.15) is 5.75 Å². The SMILES string of the molecule is CCN1CCN(C(=O)C2CC(=O)N(Cc3ccccc3OC)C2)CC1. The fourth-order valence-electron chi connectivity index (χ4n) is 3.67. The first-order chi connectivity index (χ1) is 12.1. The van der Waals surface area contributed by atoms with E-state index >= 15 is 0 Å². The van der Waals surface area contributed by atoms with Gasteiger partial charge in [-0.15, -0.1) is 0 Å². The number of para-hydroxylation sites is 1. The van der Waals surface area contributed by atoms with E-state index in [1.165, 1.54) is 0 Å². The molecule has 6 nitrogen and oxygen atoms in total. The molecule has 0 saturated carbocycles. The van der Waals surface area contributed by atoms with Crippen molar-refractivity contribution >= 4 is 11.8 Å². The summed E-state index contributed by atoms with van der Waals surface area (Å²) in [5, 5.41) is 0. The monoisotopic (exact) mass is 345 g/mol. The summed E-state index contributed by atoms with van der Waals surface area (Å²) in [5.41, 5.74) is 0.975. The van der Waals surface area contributed by atoms with Crippen LogP contribution in [0.5, 0.6) is 5.75 Å². The standard InChI is InChI=1S/C19H27N3O3/c1-3-20-8-10-21(11-9-20)19(24)16-12-18(23)22(14-16)13-15-6-4-5-7-17(15)25-2/h4-7,16H,3,8-14H2,1-2H3. The number of rotatable bonds is 5. The number of ether oxygens (including phenoxy) is 1. The summed E-state index contributed by atoms with van der Waals surface area (Å²) < 4.78 is 5.36. The van der Waals surface area contributed by atoms with Crippen molar-refractivity contribution < 1.29 is 14.3 Å². The van der Waals surface area contributed by atoms with Crippen molar-refractivity contribution in [2.24, 2.45) is 5.92 Å². The van der Waals surface area contributed by atoms with Crippen molar-refractivity contribution in [2.75, 3.05) is 46.4 Å². The summed E-state index contributed by atoms with van der Waals surface area (Å²) in [6.45, 7) is 7.55. The average Bonchev–Trinajstić information content (AvgIpc) is 3.02. The number of piperazine rings is 1. The first-order valence-corrected chi connectivity index (χ1v) is 9.03. The Kier molecular flexibility index (Phi) is 5.58. The van der Waals surface area contributed by atoms with E-state index in [1.807, 2.05) is 29.2 Å². The molecule has 6 heteroatoms. The van der Waals surface area contributed by atoms with Gasteiger partial charge in [-0.3, -0.25) is 9.59 Å². The second-order valence-corrected chi connectivity index (χ2v) is 6.75. The van der Waals surface area contributed by atoms with Crippen LogP contribution in [0, 0.1) is 5.92 Å². The van der Waals surface area contributed by atoms with Crippen LogP contribution < -0.4 is 4.74 Å². The second kappa shape index (κ2) is 7.87. The molecule has 2 fully saturated rings. The molecular formula is C19H27N3O3. The van der Waals surface area contributed by atoms with Crippen LogP contribution in [0.25, 0.3) is 0 Å². The highest BCUT2D eigenvalue weighted by atomic mass is 16.5. The van der Waals surface area contributed by atoms with Crippen molar-refractivity contribution in [2.45, 2.75) is 19.9 Å². The molecule has 136 valence electrons. The number of benzene rings is 1. The number of likely N-dealkylation sites (N-methyl/N-ethyl adjacent to an activating group) is 1. The number of hydrogen-bond acceptors (Lipinski definition) is 4. The van der Waals surface area contributed by atoms with E-state index < -0.39 is 0 Å². The molecule has 0 spiro atoms. The molecule has 2 saturated heterocycles. The lowest BCUT2D eigenvalue weighted by molar-refractivity contribution is -0.137. The van der Waals surface area contributed by atoms with E-state index in [9.17, 15) is 9.59 Å². The quantitative estimate of drug-likeness (QED) is 0.805. The van der Waals surface area contributed by atoms with E-state index in [0.29, 0.717) is 19.5 Å². The lowest BCUT2D eigenvalue weighted by Crippen LogP contribution is -2.50. The second-order valence-electron chi connectivity index (χ2n) is 6.75. The van der Waals surface area contributed by atoms with Gasteiger partial charge in [0.2, 0.25) is 11.8 Å². The molecular weight excluding hydrogens is 318 g/mol. The predicted molar refractivity (Wildman–Crippen MR) is 95.2 cm³/mol. The molecule has 1 atom stereocenters. The maximum Gasteiger partial charge on any atom is 0.228 e. The Morgan fingerprint density at radius 1 is 1.20 bits per heavy atom. The van der Waals surface area contributed by atoms with Crippen molar-refractivity contribution in [3.05, 3.63) is 29.8 Å². The predicted octanol–water partition coefficient (Wildman–Crippen LogP) is 1.21. The molecule has 1 unspecified atom stereocenters. The Bertz CT molecular complexity index is 626. The number of amides is 2. The van der Waals surface area contributed by atoms with Gasteiger partial charge in [-0.25, -0.2) is 0 Å². The summed E-state index contributed by atoms with van der Waals surface area (Å²) in [6.07, 6.45) is 0.321. The topological polar surface area (TPSA) is 53.1 Å². The Labute approximate surface area is 149 Å². The summed E-state index contributed by atoms with van der Waals surface area (Å²) >= 11 is 0. The van der Waals surface area contributed by atoms with E-state index in [2.05, 4.69) is 11.8 Å². The number of nitrogens with zero attached hydrogens (tertiary/aromatic N) is 3. The maximum atomic E-state index is 12.8. The Balaban J connectivity index is 1.59. The third-order valence-electron chi connectivity index (χ3n) is 5.25. The van der Waals surface area contributed by atoms with Gasteiger partial charge >= 0.3 is 0 Å². The highest BCUT2D eigenvalue weighted by Crippen LogP contribution is 2.26. The molecule has 2 heterocycles. The molecule has 1 aromatic rings. The van der Waals surface area contributed by atoms with Gasteiger partial charge < -0.3 is 19.4 Å². The third-order valence-corrected chi connectivity index (χ3v) is 5.25.